The molecule has 1 fully saturated rings. The van der Waals surface area contributed by atoms with E-state index in [-0.39, 0.29) is 6.04 Å². The molecule has 1 heterocycles. The van der Waals surface area contributed by atoms with Crippen molar-refractivity contribution < 1.29 is 23.0 Å². The molecule has 0 spiro atoms. The monoisotopic (exact) mass is 391 g/mol. The molecule has 1 N–H and O–H groups in total. The van der Waals surface area contributed by atoms with Crippen LogP contribution in [0, 0.1) is 11.6 Å². The van der Waals surface area contributed by atoms with Gasteiger partial charge in [-0.2, -0.15) is 0 Å². The third kappa shape index (κ3) is 8.54. The number of carbonyl (C=O) groups is 1. The number of carbonyl (C=O) groups excluding carboxylic acids is 1. The van der Waals surface area contributed by atoms with Gasteiger partial charge < -0.3 is 14.8 Å². The second-order valence-corrected chi connectivity index (χ2v) is 6.33. The standard InChI is InChI=1S/C10H16BrNO3.C6H4F2/c1-10(2,3)15-9(13)12-7-4-8(5-11)14-6-7;7-5-1-2-6(8)4-3-5/h5,7H,4,6H2,1-3H3,(H,12,13);1-4H/b8-5+;. The fourth-order valence-electron chi connectivity index (χ4n) is 1.64. The van der Waals surface area contributed by atoms with Gasteiger partial charge in [0, 0.05) is 11.4 Å². The van der Waals surface area contributed by atoms with Gasteiger partial charge in [0.2, 0.25) is 0 Å². The van der Waals surface area contributed by atoms with Crippen LogP contribution in [0.5, 0.6) is 0 Å². The summed E-state index contributed by atoms with van der Waals surface area (Å²) in [5, 5.41) is 2.75. The number of ether oxygens (including phenoxy) is 2. The maximum absolute atomic E-state index is 11.9. The lowest BCUT2D eigenvalue weighted by Crippen LogP contribution is -2.39. The zero-order valence-electron chi connectivity index (χ0n) is 13.2. The first-order chi connectivity index (χ1) is 10.7. The van der Waals surface area contributed by atoms with Crippen LogP contribution < -0.4 is 5.32 Å². The van der Waals surface area contributed by atoms with Crippen molar-refractivity contribution in [2.75, 3.05) is 6.61 Å². The van der Waals surface area contributed by atoms with Crippen LogP contribution in [0.3, 0.4) is 0 Å². The van der Waals surface area contributed by atoms with Gasteiger partial charge in [0.15, 0.2) is 0 Å². The normalized spacial score (nSPS) is 18.7. The molecule has 1 aromatic rings. The van der Waals surface area contributed by atoms with Gasteiger partial charge in [-0.05, 0) is 45.0 Å². The van der Waals surface area contributed by atoms with E-state index in [4.69, 9.17) is 9.47 Å². The predicted molar refractivity (Wildman–Crippen MR) is 87.1 cm³/mol. The van der Waals surface area contributed by atoms with Crippen molar-refractivity contribution in [2.45, 2.75) is 38.8 Å². The summed E-state index contributed by atoms with van der Waals surface area (Å²) in [6.45, 7) is 6.00. The summed E-state index contributed by atoms with van der Waals surface area (Å²) in [7, 11) is 0. The van der Waals surface area contributed by atoms with Gasteiger partial charge in [-0.3, -0.25) is 0 Å². The van der Waals surface area contributed by atoms with Gasteiger partial charge in [0.05, 0.1) is 6.04 Å². The zero-order chi connectivity index (χ0) is 17.5. The SMILES string of the molecule is CC(C)(C)OC(=O)NC1CO/C(=C/Br)C1.Fc1ccc(F)cc1. The van der Waals surface area contributed by atoms with Crippen molar-refractivity contribution in [2.24, 2.45) is 0 Å². The number of hydrogen-bond acceptors (Lipinski definition) is 3. The highest BCUT2D eigenvalue weighted by molar-refractivity contribution is 9.11. The number of rotatable bonds is 1. The Balaban J connectivity index is 0.000000277. The summed E-state index contributed by atoms with van der Waals surface area (Å²) in [6.07, 6.45) is 0.303. The second kappa shape index (κ2) is 8.86. The Hall–Kier alpha value is -1.63. The number of alkyl carbamates (subject to hydrolysis) is 1. The minimum absolute atomic E-state index is 0.00338. The quantitative estimate of drug-likeness (QED) is 0.766. The Bertz CT molecular complexity index is 520. The van der Waals surface area contributed by atoms with E-state index < -0.39 is 23.3 Å². The maximum atomic E-state index is 11.9. The van der Waals surface area contributed by atoms with Gasteiger partial charge in [-0.25, -0.2) is 13.6 Å². The first-order valence-electron chi connectivity index (χ1n) is 7.02. The highest BCUT2D eigenvalue weighted by atomic mass is 79.9. The molecule has 1 aliphatic rings. The lowest BCUT2D eigenvalue weighted by atomic mass is 10.2. The molecule has 0 bridgehead atoms. The highest BCUT2D eigenvalue weighted by Crippen LogP contribution is 2.18. The van der Waals surface area contributed by atoms with Gasteiger partial charge in [-0.1, -0.05) is 15.9 Å². The van der Waals surface area contributed by atoms with Crippen LogP contribution in [0.4, 0.5) is 13.6 Å². The van der Waals surface area contributed by atoms with Crippen molar-refractivity contribution in [1.29, 1.82) is 0 Å². The lowest BCUT2D eigenvalue weighted by Gasteiger charge is -2.20. The molecule has 1 aliphatic heterocycles. The molecule has 23 heavy (non-hydrogen) atoms. The summed E-state index contributed by atoms with van der Waals surface area (Å²) in [4.78, 5) is 13.1. The molecular weight excluding hydrogens is 372 g/mol. The van der Waals surface area contributed by atoms with Crippen LogP contribution in [0.2, 0.25) is 0 Å². The molecule has 4 nitrogen and oxygen atoms in total. The summed E-state index contributed by atoms with van der Waals surface area (Å²) in [6, 6.07) is 4.32. The van der Waals surface area contributed by atoms with Gasteiger partial charge in [0.1, 0.15) is 29.6 Å². The third-order valence-electron chi connectivity index (χ3n) is 2.56. The van der Waals surface area contributed by atoms with Crippen molar-refractivity contribution in [3.8, 4) is 0 Å². The smallest absolute Gasteiger partial charge is 0.408 e. The topological polar surface area (TPSA) is 47.6 Å². The second-order valence-electron chi connectivity index (χ2n) is 5.87. The molecule has 0 aliphatic carbocycles. The molecule has 2 rings (SSSR count). The van der Waals surface area contributed by atoms with Crippen LogP contribution in [-0.2, 0) is 9.47 Å². The zero-order valence-corrected chi connectivity index (χ0v) is 14.8. The number of hydrogen-bond donors (Lipinski definition) is 1. The Labute approximate surface area is 143 Å². The van der Waals surface area contributed by atoms with E-state index in [1.54, 1.807) is 4.99 Å². The maximum Gasteiger partial charge on any atom is 0.408 e. The highest BCUT2D eigenvalue weighted by Gasteiger charge is 2.24. The number of nitrogens with one attached hydrogen (secondary N) is 1. The van der Waals surface area contributed by atoms with Gasteiger partial charge >= 0.3 is 6.09 Å². The van der Waals surface area contributed by atoms with Crippen LogP contribution >= 0.6 is 15.9 Å². The molecule has 1 aromatic carbocycles. The van der Waals surface area contributed by atoms with Crippen molar-refractivity contribution in [3.63, 3.8) is 0 Å². The van der Waals surface area contributed by atoms with Crippen LogP contribution in [0.15, 0.2) is 35.0 Å². The Morgan fingerprint density at radius 2 is 1.83 bits per heavy atom. The first kappa shape index (κ1) is 19.4. The summed E-state index contributed by atoms with van der Waals surface area (Å²) in [5.74, 6) is 0.0221. The Morgan fingerprint density at radius 1 is 1.30 bits per heavy atom. The van der Waals surface area contributed by atoms with E-state index in [1.807, 2.05) is 20.8 Å². The molecule has 1 unspecified atom stereocenters. The molecule has 1 saturated heterocycles. The minimum atomic E-state index is -0.461. The number of halogens is 3. The van der Waals surface area contributed by atoms with E-state index in [0.717, 1.165) is 30.0 Å². The van der Waals surface area contributed by atoms with Crippen molar-refractivity contribution >= 4 is 22.0 Å². The molecule has 7 heteroatoms. The minimum Gasteiger partial charge on any atom is -0.495 e. The number of benzene rings is 1. The Morgan fingerprint density at radius 3 is 2.22 bits per heavy atom. The number of amides is 1. The van der Waals surface area contributed by atoms with Crippen LogP contribution in [0.1, 0.15) is 27.2 Å². The molecule has 1 amide bonds. The molecule has 0 saturated carbocycles. The largest absolute Gasteiger partial charge is 0.495 e. The van der Waals surface area contributed by atoms with E-state index in [2.05, 4.69) is 21.2 Å². The molecule has 1 atom stereocenters. The van der Waals surface area contributed by atoms with Crippen molar-refractivity contribution in [3.05, 3.63) is 46.6 Å². The van der Waals surface area contributed by atoms with E-state index in [0.29, 0.717) is 13.0 Å². The van der Waals surface area contributed by atoms with Gasteiger partial charge in [0.25, 0.3) is 0 Å². The fourth-order valence-corrected chi connectivity index (χ4v) is 1.96. The van der Waals surface area contributed by atoms with Crippen LogP contribution in [-0.4, -0.2) is 24.3 Å². The molecular formula is C16H20BrF2NO3. The van der Waals surface area contributed by atoms with Gasteiger partial charge in [-0.15, -0.1) is 0 Å². The third-order valence-corrected chi connectivity index (χ3v) is 3.07. The van der Waals surface area contributed by atoms with E-state index in [1.165, 1.54) is 0 Å². The van der Waals surface area contributed by atoms with E-state index in [9.17, 15) is 13.6 Å². The predicted octanol–water partition coefficient (Wildman–Crippen LogP) is 4.50. The lowest BCUT2D eigenvalue weighted by molar-refractivity contribution is 0.0499. The molecule has 0 aromatic heterocycles. The molecule has 0 radical (unpaired) electrons. The average Bonchev–Trinajstić information content (AvgIpc) is 2.88. The van der Waals surface area contributed by atoms with Crippen LogP contribution in [0.25, 0.3) is 0 Å². The first-order valence-corrected chi connectivity index (χ1v) is 7.94. The molecule has 128 valence electrons. The van der Waals surface area contributed by atoms with E-state index >= 15 is 0 Å². The summed E-state index contributed by atoms with van der Waals surface area (Å²) < 4.78 is 34.3. The Kier molecular flexibility index (Phi) is 7.48. The summed E-state index contributed by atoms with van der Waals surface area (Å²) in [5.41, 5.74) is -0.461. The van der Waals surface area contributed by atoms with Crippen molar-refractivity contribution in [1.82, 2.24) is 5.32 Å². The fraction of sp³-hybridized carbons (Fsp3) is 0.438. The summed E-state index contributed by atoms with van der Waals surface area (Å²) >= 11 is 3.19. The average molecular weight is 392 g/mol.